The molecule has 0 saturated carbocycles. The van der Waals surface area contributed by atoms with E-state index in [-0.39, 0.29) is 11.4 Å². The molecule has 1 unspecified atom stereocenters. The molecule has 2 aliphatic rings. The zero-order valence-corrected chi connectivity index (χ0v) is 4.39. The Morgan fingerprint density at radius 2 is 2.50 bits per heavy atom. The van der Waals surface area contributed by atoms with E-state index in [9.17, 15) is 4.79 Å². The highest BCUT2D eigenvalue weighted by Gasteiger charge is 2.46. The fourth-order valence-corrected chi connectivity index (χ4v) is 0.949. The lowest BCUT2D eigenvalue weighted by atomic mass is 10.1. The van der Waals surface area contributed by atoms with Crippen LogP contribution in [0, 0.1) is 0 Å². The Morgan fingerprint density at radius 1 is 1.75 bits per heavy atom. The number of ether oxygens (including phenoxy) is 1. The van der Waals surface area contributed by atoms with Crippen molar-refractivity contribution in [3.63, 3.8) is 0 Å². The first-order valence-corrected chi connectivity index (χ1v) is 2.67. The minimum absolute atomic E-state index is 0.114. The Bertz CT molecular complexity index is 165. The lowest BCUT2D eigenvalue weighted by molar-refractivity contribution is -0.114. The summed E-state index contributed by atoms with van der Waals surface area (Å²) in [4.78, 5) is 10.5. The van der Waals surface area contributed by atoms with Crippen LogP contribution in [0.3, 0.4) is 0 Å². The number of ketones is 1. The predicted molar refractivity (Wildman–Crippen MR) is 27.4 cm³/mol. The van der Waals surface area contributed by atoms with E-state index in [4.69, 9.17) is 4.74 Å². The smallest absolute Gasteiger partial charge is 0.158 e. The Balaban J connectivity index is 2.26. The Hall–Kier alpha value is -0.630. The van der Waals surface area contributed by atoms with Crippen LogP contribution in [-0.4, -0.2) is 18.0 Å². The summed E-state index contributed by atoms with van der Waals surface area (Å²) in [6.45, 7) is 0.745. The highest BCUT2D eigenvalue weighted by atomic mass is 16.6. The maximum atomic E-state index is 10.5. The first-order valence-electron chi connectivity index (χ1n) is 2.67. The molecule has 8 heavy (non-hydrogen) atoms. The molecule has 0 amide bonds. The van der Waals surface area contributed by atoms with Crippen LogP contribution in [0.15, 0.2) is 12.2 Å². The minimum atomic E-state index is -0.114. The molecule has 1 saturated heterocycles. The van der Waals surface area contributed by atoms with Crippen molar-refractivity contribution in [3.8, 4) is 0 Å². The van der Waals surface area contributed by atoms with Crippen molar-refractivity contribution in [1.82, 2.24) is 0 Å². The number of carbonyl (C=O) groups excluding carboxylic acids is 1. The number of hydrogen-bond donors (Lipinski definition) is 0. The Kier molecular flexibility index (Phi) is 0.548. The topological polar surface area (TPSA) is 29.6 Å². The van der Waals surface area contributed by atoms with E-state index < -0.39 is 0 Å². The summed E-state index contributed by atoms with van der Waals surface area (Å²) in [7, 11) is 0. The molecule has 0 bridgehead atoms. The molecule has 0 radical (unpaired) electrons. The maximum Gasteiger partial charge on any atom is 0.158 e. The zero-order valence-electron chi connectivity index (χ0n) is 4.39. The van der Waals surface area contributed by atoms with Gasteiger partial charge in [0, 0.05) is 6.42 Å². The van der Waals surface area contributed by atoms with Gasteiger partial charge >= 0.3 is 0 Å². The molecule has 0 aromatic heterocycles. The van der Waals surface area contributed by atoms with Crippen molar-refractivity contribution in [1.29, 1.82) is 0 Å². The molecule has 2 rings (SSSR count). The van der Waals surface area contributed by atoms with Crippen LogP contribution >= 0.6 is 0 Å². The third-order valence-corrected chi connectivity index (χ3v) is 1.56. The number of epoxide rings is 1. The molecule has 1 aliphatic carbocycles. The second kappa shape index (κ2) is 1.03. The van der Waals surface area contributed by atoms with Crippen LogP contribution < -0.4 is 0 Å². The van der Waals surface area contributed by atoms with E-state index in [1.165, 1.54) is 0 Å². The van der Waals surface area contributed by atoms with Gasteiger partial charge in [0.2, 0.25) is 0 Å². The summed E-state index contributed by atoms with van der Waals surface area (Å²) >= 11 is 0. The van der Waals surface area contributed by atoms with Crippen molar-refractivity contribution >= 4 is 5.78 Å². The molecule has 2 nitrogen and oxygen atoms in total. The fraction of sp³-hybridized carbons (Fsp3) is 0.500. The van der Waals surface area contributed by atoms with E-state index >= 15 is 0 Å². The number of hydrogen-bond acceptors (Lipinski definition) is 2. The summed E-state index contributed by atoms with van der Waals surface area (Å²) < 4.78 is 5.02. The van der Waals surface area contributed by atoms with Gasteiger partial charge in [0.1, 0.15) is 5.60 Å². The number of carbonyl (C=O) groups is 1. The molecule has 1 heterocycles. The Morgan fingerprint density at radius 3 is 2.75 bits per heavy atom. The Labute approximate surface area is 47.1 Å². The molecule has 1 atom stereocenters. The van der Waals surface area contributed by atoms with Crippen molar-refractivity contribution in [2.75, 3.05) is 6.61 Å². The molecule has 1 aliphatic heterocycles. The zero-order chi connectivity index (χ0) is 5.61. The highest BCUT2D eigenvalue weighted by Crippen LogP contribution is 2.36. The fourth-order valence-electron chi connectivity index (χ4n) is 0.949. The van der Waals surface area contributed by atoms with Gasteiger partial charge in [0.15, 0.2) is 5.78 Å². The molecule has 0 aromatic carbocycles. The van der Waals surface area contributed by atoms with E-state index in [0.717, 1.165) is 6.61 Å². The lowest BCUT2D eigenvalue weighted by Crippen LogP contribution is -2.03. The second-order valence-corrected chi connectivity index (χ2v) is 2.33. The lowest BCUT2D eigenvalue weighted by Gasteiger charge is -1.90. The number of allylic oxidation sites excluding steroid dienone is 1. The van der Waals surface area contributed by atoms with Crippen molar-refractivity contribution in [3.05, 3.63) is 12.2 Å². The minimum Gasteiger partial charge on any atom is -0.365 e. The summed E-state index contributed by atoms with van der Waals surface area (Å²) in [5.74, 6) is 0.197. The molecular weight excluding hydrogens is 104 g/mol. The van der Waals surface area contributed by atoms with Crippen LogP contribution in [0.1, 0.15) is 6.42 Å². The van der Waals surface area contributed by atoms with Gasteiger partial charge in [-0.3, -0.25) is 4.79 Å². The van der Waals surface area contributed by atoms with Crippen LogP contribution in [0.25, 0.3) is 0 Å². The van der Waals surface area contributed by atoms with Crippen molar-refractivity contribution < 1.29 is 9.53 Å². The van der Waals surface area contributed by atoms with Crippen LogP contribution in [-0.2, 0) is 9.53 Å². The van der Waals surface area contributed by atoms with Crippen LogP contribution in [0.4, 0.5) is 0 Å². The normalized spacial score (nSPS) is 41.8. The van der Waals surface area contributed by atoms with Gasteiger partial charge in [-0.05, 0) is 12.2 Å². The van der Waals surface area contributed by atoms with Gasteiger partial charge < -0.3 is 4.74 Å². The third-order valence-electron chi connectivity index (χ3n) is 1.56. The summed E-state index contributed by atoms with van der Waals surface area (Å²) in [5, 5.41) is 0. The van der Waals surface area contributed by atoms with Gasteiger partial charge in [0.25, 0.3) is 0 Å². The maximum absolute atomic E-state index is 10.5. The van der Waals surface area contributed by atoms with Gasteiger partial charge in [-0.2, -0.15) is 0 Å². The molecule has 1 fully saturated rings. The van der Waals surface area contributed by atoms with Crippen LogP contribution in [0.5, 0.6) is 0 Å². The van der Waals surface area contributed by atoms with E-state index in [1.54, 1.807) is 6.08 Å². The molecule has 42 valence electrons. The first kappa shape index (κ1) is 4.27. The van der Waals surface area contributed by atoms with Crippen LogP contribution in [0.2, 0.25) is 0 Å². The molecule has 0 aromatic rings. The molecule has 1 spiro atoms. The number of rotatable bonds is 0. The van der Waals surface area contributed by atoms with Gasteiger partial charge in [-0.1, -0.05) is 0 Å². The largest absolute Gasteiger partial charge is 0.365 e. The first-order chi connectivity index (χ1) is 3.81. The average Bonchev–Trinajstić information content (AvgIpc) is 2.34. The summed E-state index contributed by atoms with van der Waals surface area (Å²) in [6, 6.07) is 0. The molecule has 2 heteroatoms. The van der Waals surface area contributed by atoms with Gasteiger partial charge in [-0.25, -0.2) is 0 Å². The van der Waals surface area contributed by atoms with Crippen molar-refractivity contribution in [2.45, 2.75) is 12.0 Å². The monoisotopic (exact) mass is 110 g/mol. The quantitative estimate of drug-likeness (QED) is 0.419. The van der Waals surface area contributed by atoms with Gasteiger partial charge in [0.05, 0.1) is 6.61 Å². The van der Waals surface area contributed by atoms with E-state index in [0.29, 0.717) is 6.42 Å². The SMILES string of the molecule is O=C1C=CC2(CO2)C1. The van der Waals surface area contributed by atoms with Crippen molar-refractivity contribution in [2.24, 2.45) is 0 Å². The standard InChI is InChI=1S/C6H6O2/c7-5-1-2-6(3-5)4-8-6/h1-2H,3-4H2. The average molecular weight is 110 g/mol. The predicted octanol–water partition coefficient (Wildman–Crippen LogP) is 0.284. The van der Waals surface area contributed by atoms with E-state index in [1.807, 2.05) is 6.08 Å². The highest BCUT2D eigenvalue weighted by molar-refractivity contribution is 5.94. The summed E-state index contributed by atoms with van der Waals surface area (Å²) in [5.41, 5.74) is -0.114. The third kappa shape index (κ3) is 0.434. The second-order valence-electron chi connectivity index (χ2n) is 2.33. The summed E-state index contributed by atoms with van der Waals surface area (Å²) in [6.07, 6.45) is 4.04. The van der Waals surface area contributed by atoms with E-state index in [2.05, 4.69) is 0 Å². The van der Waals surface area contributed by atoms with Gasteiger partial charge in [-0.15, -0.1) is 0 Å². The molecular formula is C6H6O2. The molecule has 0 N–H and O–H groups in total.